The average molecular weight is 256 g/mol. The third kappa shape index (κ3) is 1.99. The van der Waals surface area contributed by atoms with Crippen molar-refractivity contribution in [3.05, 3.63) is 53.7 Å². The fourth-order valence-corrected chi connectivity index (χ4v) is 2.10. The molecule has 0 unspecified atom stereocenters. The summed E-state index contributed by atoms with van der Waals surface area (Å²) in [5.41, 5.74) is 2.78. The van der Waals surface area contributed by atoms with Crippen molar-refractivity contribution in [2.24, 2.45) is 0 Å². The summed E-state index contributed by atoms with van der Waals surface area (Å²) in [6.07, 6.45) is 1.75. The van der Waals surface area contributed by atoms with Crippen LogP contribution in [0.2, 0.25) is 0 Å². The lowest BCUT2D eigenvalue weighted by atomic mass is 10.2. The predicted molar refractivity (Wildman–Crippen MR) is 69.2 cm³/mol. The first-order valence-corrected chi connectivity index (χ1v) is 5.87. The van der Waals surface area contributed by atoms with Crippen molar-refractivity contribution in [1.82, 2.24) is 9.55 Å². The van der Waals surface area contributed by atoms with Crippen molar-refractivity contribution in [3.63, 3.8) is 0 Å². The van der Waals surface area contributed by atoms with E-state index in [4.69, 9.17) is 9.52 Å². The molecule has 19 heavy (non-hydrogen) atoms. The number of imidazole rings is 1. The van der Waals surface area contributed by atoms with Crippen molar-refractivity contribution in [2.75, 3.05) is 0 Å². The highest BCUT2D eigenvalue weighted by molar-refractivity contribution is 5.84. The smallest absolute Gasteiger partial charge is 0.371 e. The molecule has 1 aromatic carbocycles. The third-order valence-electron chi connectivity index (χ3n) is 3.10. The number of para-hydroxylation sites is 2. The van der Waals surface area contributed by atoms with Crippen molar-refractivity contribution >= 4 is 17.0 Å². The Morgan fingerprint density at radius 2 is 2.21 bits per heavy atom. The number of nitrogens with zero attached hydrogens (tertiary/aromatic N) is 2. The number of furan rings is 1. The molecule has 0 amide bonds. The van der Waals surface area contributed by atoms with Crippen molar-refractivity contribution < 1.29 is 14.3 Å². The zero-order valence-corrected chi connectivity index (χ0v) is 10.3. The van der Waals surface area contributed by atoms with E-state index in [2.05, 4.69) is 4.98 Å². The highest BCUT2D eigenvalue weighted by atomic mass is 16.4. The maximum Gasteiger partial charge on any atom is 0.371 e. The molecule has 3 aromatic rings. The molecule has 96 valence electrons. The quantitative estimate of drug-likeness (QED) is 0.782. The van der Waals surface area contributed by atoms with Gasteiger partial charge in [0.1, 0.15) is 5.76 Å². The van der Waals surface area contributed by atoms with E-state index in [0.29, 0.717) is 12.3 Å². The van der Waals surface area contributed by atoms with Crippen LogP contribution >= 0.6 is 0 Å². The number of benzene rings is 1. The van der Waals surface area contributed by atoms with Gasteiger partial charge in [0.25, 0.3) is 0 Å². The van der Waals surface area contributed by atoms with Gasteiger partial charge in [0, 0.05) is 5.56 Å². The van der Waals surface area contributed by atoms with E-state index < -0.39 is 5.97 Å². The molecule has 2 aromatic heterocycles. The van der Waals surface area contributed by atoms with Gasteiger partial charge in [-0.3, -0.25) is 0 Å². The van der Waals surface area contributed by atoms with Crippen LogP contribution in [0.3, 0.4) is 0 Å². The Kier molecular flexibility index (Phi) is 2.59. The first-order chi connectivity index (χ1) is 9.15. The number of carbonyl (C=O) groups is 1. The zero-order chi connectivity index (χ0) is 13.4. The highest BCUT2D eigenvalue weighted by Crippen LogP contribution is 2.19. The molecule has 0 radical (unpaired) electrons. The zero-order valence-electron chi connectivity index (χ0n) is 10.3. The Morgan fingerprint density at radius 1 is 1.42 bits per heavy atom. The lowest BCUT2D eigenvalue weighted by Crippen LogP contribution is -1.98. The molecule has 0 atom stereocenters. The minimum atomic E-state index is -1.05. The van der Waals surface area contributed by atoms with Gasteiger partial charge in [0.05, 0.1) is 23.9 Å². The van der Waals surface area contributed by atoms with E-state index in [-0.39, 0.29) is 5.76 Å². The molecule has 0 spiro atoms. The van der Waals surface area contributed by atoms with E-state index in [1.165, 1.54) is 0 Å². The number of hydrogen-bond acceptors (Lipinski definition) is 3. The van der Waals surface area contributed by atoms with Crippen LogP contribution < -0.4 is 0 Å². The fraction of sp³-hybridized carbons (Fsp3) is 0.143. The minimum Gasteiger partial charge on any atom is -0.475 e. The molecular weight excluding hydrogens is 244 g/mol. The summed E-state index contributed by atoms with van der Waals surface area (Å²) in [5.74, 6) is -0.461. The Balaban J connectivity index is 1.99. The molecule has 2 heterocycles. The van der Waals surface area contributed by atoms with Gasteiger partial charge >= 0.3 is 5.97 Å². The minimum absolute atomic E-state index is 0.0306. The summed E-state index contributed by atoms with van der Waals surface area (Å²) < 4.78 is 7.17. The summed E-state index contributed by atoms with van der Waals surface area (Å²) in [5, 5.41) is 8.91. The molecule has 0 saturated heterocycles. The Hall–Kier alpha value is -2.56. The number of aryl methyl sites for hydroxylation is 1. The maximum absolute atomic E-state index is 10.9. The lowest BCUT2D eigenvalue weighted by Gasteiger charge is -2.02. The Morgan fingerprint density at radius 3 is 2.95 bits per heavy atom. The van der Waals surface area contributed by atoms with Gasteiger partial charge < -0.3 is 14.1 Å². The third-order valence-corrected chi connectivity index (χ3v) is 3.10. The van der Waals surface area contributed by atoms with E-state index in [1.54, 1.807) is 19.3 Å². The van der Waals surface area contributed by atoms with Crippen LogP contribution in [-0.4, -0.2) is 20.6 Å². The highest BCUT2D eigenvalue weighted by Gasteiger charge is 2.14. The first kappa shape index (κ1) is 11.5. The van der Waals surface area contributed by atoms with Crippen LogP contribution in [-0.2, 0) is 6.54 Å². The number of aromatic carboxylic acids is 1. The Bertz CT molecular complexity index is 755. The number of rotatable bonds is 3. The molecule has 0 aliphatic rings. The first-order valence-electron chi connectivity index (χ1n) is 5.87. The molecule has 0 fully saturated rings. The van der Waals surface area contributed by atoms with Crippen molar-refractivity contribution in [2.45, 2.75) is 13.5 Å². The second-order valence-electron chi connectivity index (χ2n) is 4.36. The van der Waals surface area contributed by atoms with Gasteiger partial charge in [0.15, 0.2) is 0 Å². The summed E-state index contributed by atoms with van der Waals surface area (Å²) in [6.45, 7) is 2.31. The summed E-state index contributed by atoms with van der Waals surface area (Å²) in [4.78, 5) is 15.2. The van der Waals surface area contributed by atoms with Crippen molar-refractivity contribution in [3.8, 4) is 0 Å². The molecule has 1 N–H and O–H groups in total. The van der Waals surface area contributed by atoms with Crippen LogP contribution in [0.1, 0.15) is 21.9 Å². The van der Waals surface area contributed by atoms with Gasteiger partial charge in [-0.2, -0.15) is 0 Å². The normalized spacial score (nSPS) is 11.0. The van der Waals surface area contributed by atoms with Crippen LogP contribution in [0.25, 0.3) is 11.0 Å². The van der Waals surface area contributed by atoms with Gasteiger partial charge in [-0.05, 0) is 25.1 Å². The largest absolute Gasteiger partial charge is 0.475 e. The molecule has 5 heteroatoms. The average Bonchev–Trinajstić information content (AvgIpc) is 2.96. The van der Waals surface area contributed by atoms with Crippen LogP contribution in [0.15, 0.2) is 41.1 Å². The lowest BCUT2D eigenvalue weighted by molar-refractivity contribution is 0.0661. The number of hydrogen-bond donors (Lipinski definition) is 1. The van der Waals surface area contributed by atoms with Crippen LogP contribution in [0.5, 0.6) is 0 Å². The van der Waals surface area contributed by atoms with E-state index in [9.17, 15) is 4.79 Å². The molecule has 0 saturated carbocycles. The van der Waals surface area contributed by atoms with Gasteiger partial charge in [-0.1, -0.05) is 12.1 Å². The molecule has 3 rings (SSSR count). The number of aromatic nitrogens is 2. The van der Waals surface area contributed by atoms with E-state index >= 15 is 0 Å². The molecular formula is C14H12N2O3. The van der Waals surface area contributed by atoms with Crippen molar-refractivity contribution in [1.29, 1.82) is 0 Å². The van der Waals surface area contributed by atoms with Crippen LogP contribution in [0, 0.1) is 6.92 Å². The fourth-order valence-electron chi connectivity index (χ4n) is 2.10. The van der Waals surface area contributed by atoms with Gasteiger partial charge in [0.2, 0.25) is 5.76 Å². The molecule has 5 nitrogen and oxygen atoms in total. The summed E-state index contributed by atoms with van der Waals surface area (Å²) in [7, 11) is 0. The van der Waals surface area contributed by atoms with E-state index in [1.807, 2.05) is 28.8 Å². The molecule has 0 aliphatic heterocycles. The summed E-state index contributed by atoms with van der Waals surface area (Å²) >= 11 is 0. The second-order valence-corrected chi connectivity index (χ2v) is 4.36. The number of carboxylic acids is 1. The maximum atomic E-state index is 10.9. The second kappa shape index (κ2) is 4.28. The topological polar surface area (TPSA) is 68.3 Å². The standard InChI is InChI=1S/C14H12N2O3/c1-9-10(6-13(19-9)14(17)18)7-16-8-15-11-4-2-3-5-12(11)16/h2-6,8H,7H2,1H3,(H,17,18). The van der Waals surface area contributed by atoms with Gasteiger partial charge in [-0.25, -0.2) is 9.78 Å². The number of carboxylic acid groups (broad SMARTS) is 1. The monoisotopic (exact) mass is 256 g/mol. The SMILES string of the molecule is Cc1oc(C(=O)O)cc1Cn1cnc2ccccc21. The molecule has 0 bridgehead atoms. The van der Waals surface area contributed by atoms with Crippen LogP contribution in [0.4, 0.5) is 0 Å². The Labute approximate surface area is 109 Å². The van der Waals surface area contributed by atoms with Gasteiger partial charge in [-0.15, -0.1) is 0 Å². The number of fused-ring (bicyclic) bond motifs is 1. The molecule has 0 aliphatic carbocycles. The summed E-state index contributed by atoms with van der Waals surface area (Å²) in [6, 6.07) is 9.37. The predicted octanol–water partition coefficient (Wildman–Crippen LogP) is 2.68. The van der Waals surface area contributed by atoms with E-state index in [0.717, 1.165) is 16.6 Å².